The molecule has 0 atom stereocenters. The van der Waals surface area contributed by atoms with Gasteiger partial charge in [0.15, 0.2) is 0 Å². The first kappa shape index (κ1) is 15.1. The van der Waals surface area contributed by atoms with E-state index in [4.69, 9.17) is 0 Å². The summed E-state index contributed by atoms with van der Waals surface area (Å²) in [4.78, 5) is 26.2. The van der Waals surface area contributed by atoms with Crippen LogP contribution in [0.15, 0.2) is 35.1 Å². The lowest BCUT2D eigenvalue weighted by Crippen LogP contribution is -2.50. The standard InChI is InChI=1S/C16H20N2O3/c1-15(2,14(20)21)16(3,4)18-12-9-10-7-5-6-8-11(10)13(19)17-12/h5-9H,1-4H3,(H,20,21)(H2,17,18,19). The van der Waals surface area contributed by atoms with Crippen LogP contribution >= 0.6 is 0 Å². The number of benzene rings is 1. The number of H-pyrrole nitrogens is 1. The fourth-order valence-corrected chi connectivity index (χ4v) is 2.04. The van der Waals surface area contributed by atoms with Crippen LogP contribution in [0.5, 0.6) is 0 Å². The van der Waals surface area contributed by atoms with E-state index in [-0.39, 0.29) is 5.56 Å². The Bertz CT molecular complexity index is 745. The minimum Gasteiger partial charge on any atom is -0.481 e. The molecule has 0 saturated heterocycles. The number of carbonyl (C=O) groups is 1. The van der Waals surface area contributed by atoms with Crippen molar-refractivity contribution < 1.29 is 9.90 Å². The lowest BCUT2D eigenvalue weighted by Gasteiger charge is -2.39. The van der Waals surface area contributed by atoms with Gasteiger partial charge in [-0.15, -0.1) is 0 Å². The molecule has 2 aromatic rings. The minimum absolute atomic E-state index is 0.195. The molecule has 0 unspecified atom stereocenters. The van der Waals surface area contributed by atoms with E-state index in [1.807, 2.05) is 24.3 Å². The summed E-state index contributed by atoms with van der Waals surface area (Å²) in [5, 5.41) is 13.9. The van der Waals surface area contributed by atoms with Crippen molar-refractivity contribution in [3.63, 3.8) is 0 Å². The molecule has 3 N–H and O–H groups in total. The second-order valence-corrected chi connectivity index (χ2v) is 6.28. The largest absolute Gasteiger partial charge is 0.481 e. The maximum atomic E-state index is 12.1. The number of carboxylic acids is 1. The maximum absolute atomic E-state index is 12.1. The highest BCUT2D eigenvalue weighted by molar-refractivity contribution is 5.84. The van der Waals surface area contributed by atoms with Gasteiger partial charge in [0.2, 0.25) is 0 Å². The quantitative estimate of drug-likeness (QED) is 0.808. The first-order chi connectivity index (χ1) is 9.65. The van der Waals surface area contributed by atoms with Gasteiger partial charge in [-0.25, -0.2) is 0 Å². The number of fused-ring (bicyclic) bond motifs is 1. The molecule has 5 heteroatoms. The second-order valence-electron chi connectivity index (χ2n) is 6.28. The maximum Gasteiger partial charge on any atom is 0.311 e. The molecule has 0 bridgehead atoms. The monoisotopic (exact) mass is 288 g/mol. The van der Waals surface area contributed by atoms with E-state index in [0.717, 1.165) is 5.39 Å². The molecule has 21 heavy (non-hydrogen) atoms. The van der Waals surface area contributed by atoms with Crippen LogP contribution in [-0.2, 0) is 4.79 Å². The summed E-state index contributed by atoms with van der Waals surface area (Å²) in [6.07, 6.45) is 0. The van der Waals surface area contributed by atoms with E-state index in [9.17, 15) is 14.7 Å². The average Bonchev–Trinajstić information content (AvgIpc) is 2.37. The van der Waals surface area contributed by atoms with E-state index in [1.54, 1.807) is 33.8 Å². The number of hydrogen-bond donors (Lipinski definition) is 3. The molecule has 112 valence electrons. The number of hydrogen-bond acceptors (Lipinski definition) is 3. The Morgan fingerprint density at radius 2 is 1.81 bits per heavy atom. The summed E-state index contributed by atoms with van der Waals surface area (Å²) in [5.74, 6) is -0.388. The number of aromatic nitrogens is 1. The highest BCUT2D eigenvalue weighted by Crippen LogP contribution is 2.33. The third-order valence-electron chi connectivity index (χ3n) is 4.30. The predicted octanol–water partition coefficient (Wildman–Crippen LogP) is 2.83. The van der Waals surface area contributed by atoms with Crippen molar-refractivity contribution in [3.8, 4) is 0 Å². The molecular formula is C16H20N2O3. The van der Waals surface area contributed by atoms with Gasteiger partial charge in [-0.1, -0.05) is 18.2 Å². The predicted molar refractivity (Wildman–Crippen MR) is 83.7 cm³/mol. The van der Waals surface area contributed by atoms with Gasteiger partial charge >= 0.3 is 5.97 Å². The first-order valence-electron chi connectivity index (χ1n) is 6.79. The summed E-state index contributed by atoms with van der Waals surface area (Å²) in [7, 11) is 0. The molecule has 0 spiro atoms. The number of rotatable bonds is 4. The van der Waals surface area contributed by atoms with Crippen LogP contribution in [0.2, 0.25) is 0 Å². The van der Waals surface area contributed by atoms with Crippen molar-refractivity contribution in [2.45, 2.75) is 33.2 Å². The molecule has 2 rings (SSSR count). The fourth-order valence-electron chi connectivity index (χ4n) is 2.04. The van der Waals surface area contributed by atoms with Crippen LogP contribution in [0.25, 0.3) is 10.8 Å². The Kier molecular flexibility index (Phi) is 3.53. The summed E-state index contributed by atoms with van der Waals surface area (Å²) in [6.45, 7) is 6.91. The Balaban J connectivity index is 2.45. The third kappa shape index (κ3) is 2.63. The van der Waals surface area contributed by atoms with Crippen molar-refractivity contribution >= 4 is 22.6 Å². The van der Waals surface area contributed by atoms with Crippen molar-refractivity contribution in [1.29, 1.82) is 0 Å². The number of aliphatic carboxylic acids is 1. The van der Waals surface area contributed by atoms with Gasteiger partial charge in [-0.05, 0) is 45.2 Å². The summed E-state index contributed by atoms with van der Waals surface area (Å²) in [6, 6.07) is 9.09. The Morgan fingerprint density at radius 3 is 2.43 bits per heavy atom. The first-order valence-corrected chi connectivity index (χ1v) is 6.79. The summed E-state index contributed by atoms with van der Waals surface area (Å²) >= 11 is 0. The van der Waals surface area contributed by atoms with E-state index in [2.05, 4.69) is 10.3 Å². The van der Waals surface area contributed by atoms with Crippen LogP contribution in [0.1, 0.15) is 27.7 Å². The zero-order valence-electron chi connectivity index (χ0n) is 12.7. The molecule has 0 amide bonds. The lowest BCUT2D eigenvalue weighted by atomic mass is 9.74. The van der Waals surface area contributed by atoms with E-state index < -0.39 is 16.9 Å². The third-order valence-corrected chi connectivity index (χ3v) is 4.30. The average molecular weight is 288 g/mol. The van der Waals surface area contributed by atoms with Gasteiger partial charge < -0.3 is 15.4 Å². The highest BCUT2D eigenvalue weighted by atomic mass is 16.4. The summed E-state index contributed by atoms with van der Waals surface area (Å²) in [5.41, 5.74) is -1.95. The molecule has 5 nitrogen and oxygen atoms in total. The number of pyridine rings is 1. The van der Waals surface area contributed by atoms with Crippen molar-refractivity contribution in [1.82, 2.24) is 4.98 Å². The van der Waals surface area contributed by atoms with Crippen molar-refractivity contribution in [2.24, 2.45) is 5.41 Å². The highest BCUT2D eigenvalue weighted by Gasteiger charge is 2.43. The zero-order valence-corrected chi connectivity index (χ0v) is 12.7. The van der Waals surface area contributed by atoms with Gasteiger partial charge in [0.25, 0.3) is 5.56 Å². The molecule has 0 radical (unpaired) electrons. The SMILES string of the molecule is CC(C)(Nc1cc2ccccc2c(=O)[nH]1)C(C)(C)C(=O)O. The fraction of sp³-hybridized carbons (Fsp3) is 0.375. The van der Waals surface area contributed by atoms with Crippen molar-refractivity contribution in [3.05, 3.63) is 40.7 Å². The molecule has 0 saturated carbocycles. The Labute approximate surface area is 123 Å². The van der Waals surface area contributed by atoms with Gasteiger partial charge in [0, 0.05) is 10.9 Å². The van der Waals surface area contributed by atoms with Gasteiger partial charge in [-0.2, -0.15) is 0 Å². The zero-order chi connectivity index (χ0) is 15.8. The molecule has 0 aliphatic heterocycles. The second kappa shape index (κ2) is 4.91. The topological polar surface area (TPSA) is 82.2 Å². The lowest BCUT2D eigenvalue weighted by molar-refractivity contribution is -0.149. The number of anilines is 1. The molecule has 0 fully saturated rings. The molecule has 1 heterocycles. The molecule has 1 aromatic carbocycles. The Hall–Kier alpha value is -2.30. The number of aromatic amines is 1. The molecular weight excluding hydrogens is 268 g/mol. The summed E-state index contributed by atoms with van der Waals surface area (Å²) < 4.78 is 0. The number of carboxylic acid groups (broad SMARTS) is 1. The normalized spacial score (nSPS) is 12.4. The van der Waals surface area contributed by atoms with Crippen LogP contribution in [-0.4, -0.2) is 21.6 Å². The molecule has 0 aliphatic carbocycles. The minimum atomic E-state index is -1.00. The van der Waals surface area contributed by atoms with Gasteiger partial charge in [-0.3, -0.25) is 9.59 Å². The smallest absolute Gasteiger partial charge is 0.311 e. The molecule has 0 aliphatic rings. The van der Waals surface area contributed by atoms with Gasteiger partial charge in [0.05, 0.1) is 5.41 Å². The van der Waals surface area contributed by atoms with Gasteiger partial charge in [0.1, 0.15) is 5.82 Å². The van der Waals surface area contributed by atoms with E-state index >= 15 is 0 Å². The van der Waals surface area contributed by atoms with E-state index in [1.165, 1.54) is 0 Å². The van der Waals surface area contributed by atoms with Crippen LogP contribution in [0, 0.1) is 5.41 Å². The van der Waals surface area contributed by atoms with Crippen LogP contribution in [0.4, 0.5) is 5.82 Å². The molecule has 1 aromatic heterocycles. The number of nitrogens with one attached hydrogen (secondary N) is 2. The Morgan fingerprint density at radius 1 is 1.19 bits per heavy atom. The van der Waals surface area contributed by atoms with Crippen LogP contribution < -0.4 is 10.9 Å². The van der Waals surface area contributed by atoms with Crippen LogP contribution in [0.3, 0.4) is 0 Å². The van der Waals surface area contributed by atoms with Crippen molar-refractivity contribution in [2.75, 3.05) is 5.32 Å². The van der Waals surface area contributed by atoms with E-state index in [0.29, 0.717) is 11.2 Å².